The SMILES string of the molecule is O=C(Nc1nc2c(s1)CN(S(=O)(=O)C1CC1)CC2)c1cccs1. The summed E-state index contributed by atoms with van der Waals surface area (Å²) in [4.78, 5) is 18.1. The van der Waals surface area contributed by atoms with Crippen LogP contribution in [0.15, 0.2) is 17.5 Å². The highest BCUT2D eigenvalue weighted by Crippen LogP contribution is 2.35. The Morgan fingerprint density at radius 3 is 2.91 bits per heavy atom. The summed E-state index contributed by atoms with van der Waals surface area (Å²) >= 11 is 2.74. The van der Waals surface area contributed by atoms with Gasteiger partial charge in [-0.05, 0) is 24.3 Å². The van der Waals surface area contributed by atoms with Gasteiger partial charge in [0.15, 0.2) is 5.13 Å². The van der Waals surface area contributed by atoms with Gasteiger partial charge in [0, 0.05) is 24.4 Å². The maximum absolute atomic E-state index is 12.3. The second-order valence-corrected chi connectivity index (χ2v) is 9.89. The molecule has 1 saturated carbocycles. The lowest BCUT2D eigenvalue weighted by Crippen LogP contribution is -2.37. The number of nitrogens with zero attached hydrogens (tertiary/aromatic N) is 2. The van der Waals surface area contributed by atoms with E-state index in [0.29, 0.717) is 29.5 Å². The number of carbonyl (C=O) groups is 1. The third kappa shape index (κ3) is 2.93. The second kappa shape index (κ2) is 5.66. The predicted octanol–water partition coefficient (Wildman–Crippen LogP) is 2.31. The van der Waals surface area contributed by atoms with Crippen molar-refractivity contribution in [3.8, 4) is 0 Å². The van der Waals surface area contributed by atoms with Gasteiger partial charge in [-0.15, -0.1) is 22.7 Å². The van der Waals surface area contributed by atoms with E-state index in [1.807, 2.05) is 11.4 Å². The third-order valence-electron chi connectivity index (χ3n) is 3.97. The number of carbonyl (C=O) groups excluding carboxylic acids is 1. The van der Waals surface area contributed by atoms with E-state index in [2.05, 4.69) is 10.3 Å². The molecule has 1 amide bonds. The normalized spacial score (nSPS) is 18.6. The van der Waals surface area contributed by atoms with Crippen LogP contribution in [0.25, 0.3) is 0 Å². The van der Waals surface area contributed by atoms with Crippen LogP contribution in [-0.4, -0.2) is 35.4 Å². The number of hydrogen-bond donors (Lipinski definition) is 1. The molecule has 2 aromatic rings. The molecule has 9 heteroatoms. The topological polar surface area (TPSA) is 79.4 Å². The van der Waals surface area contributed by atoms with Gasteiger partial charge in [0.25, 0.3) is 5.91 Å². The Balaban J connectivity index is 1.50. The van der Waals surface area contributed by atoms with Gasteiger partial charge in [-0.3, -0.25) is 10.1 Å². The Labute approximate surface area is 142 Å². The van der Waals surface area contributed by atoms with Crippen molar-refractivity contribution in [3.63, 3.8) is 0 Å². The van der Waals surface area contributed by atoms with Gasteiger partial charge < -0.3 is 0 Å². The smallest absolute Gasteiger partial charge is 0.267 e. The minimum absolute atomic E-state index is 0.173. The molecule has 23 heavy (non-hydrogen) atoms. The molecule has 0 saturated heterocycles. The first-order valence-electron chi connectivity index (χ1n) is 7.36. The predicted molar refractivity (Wildman–Crippen MR) is 90.4 cm³/mol. The fourth-order valence-electron chi connectivity index (χ4n) is 2.59. The molecule has 4 rings (SSSR count). The first-order valence-corrected chi connectivity index (χ1v) is 10.6. The summed E-state index contributed by atoms with van der Waals surface area (Å²) in [5.41, 5.74) is 0.902. The minimum atomic E-state index is -3.15. The van der Waals surface area contributed by atoms with E-state index in [-0.39, 0.29) is 11.2 Å². The minimum Gasteiger partial charge on any atom is -0.297 e. The van der Waals surface area contributed by atoms with Crippen molar-refractivity contribution in [2.24, 2.45) is 0 Å². The van der Waals surface area contributed by atoms with Crippen LogP contribution in [0, 0.1) is 0 Å². The molecule has 0 aromatic carbocycles. The van der Waals surface area contributed by atoms with E-state index < -0.39 is 10.0 Å². The molecule has 0 bridgehead atoms. The van der Waals surface area contributed by atoms with Crippen molar-refractivity contribution in [1.29, 1.82) is 0 Å². The molecule has 2 aromatic heterocycles. The van der Waals surface area contributed by atoms with Crippen LogP contribution < -0.4 is 5.32 Å². The van der Waals surface area contributed by atoms with E-state index in [0.717, 1.165) is 23.4 Å². The van der Waals surface area contributed by atoms with Crippen LogP contribution in [-0.2, 0) is 23.0 Å². The van der Waals surface area contributed by atoms with Gasteiger partial charge in [-0.1, -0.05) is 6.07 Å². The molecular weight excluding hydrogens is 354 g/mol. The summed E-state index contributed by atoms with van der Waals surface area (Å²) in [6.07, 6.45) is 2.15. The average molecular weight is 369 g/mol. The molecule has 0 spiro atoms. The van der Waals surface area contributed by atoms with Crippen molar-refractivity contribution in [2.45, 2.75) is 31.1 Å². The number of amides is 1. The standard InChI is InChI=1S/C14H15N3O3S3/c18-13(11-2-1-7-21-11)16-14-15-10-5-6-17(8-12(10)22-14)23(19,20)9-3-4-9/h1-2,7,9H,3-6,8H2,(H,15,16,18). The molecule has 2 aliphatic rings. The van der Waals surface area contributed by atoms with Gasteiger partial charge in [0.2, 0.25) is 10.0 Å². The van der Waals surface area contributed by atoms with Gasteiger partial charge >= 0.3 is 0 Å². The molecule has 1 aliphatic heterocycles. The Morgan fingerprint density at radius 1 is 1.39 bits per heavy atom. The average Bonchev–Trinajstić information content (AvgIpc) is 3.10. The number of sulfonamides is 1. The van der Waals surface area contributed by atoms with Crippen molar-refractivity contribution in [1.82, 2.24) is 9.29 Å². The molecule has 1 aliphatic carbocycles. The summed E-state index contributed by atoms with van der Waals surface area (Å²) in [5, 5.41) is 5.01. The zero-order valence-electron chi connectivity index (χ0n) is 12.2. The molecular formula is C14H15N3O3S3. The Hall–Kier alpha value is -1.29. The number of fused-ring (bicyclic) bond motifs is 1. The van der Waals surface area contributed by atoms with Crippen LogP contribution in [0.5, 0.6) is 0 Å². The first-order chi connectivity index (χ1) is 11.0. The van der Waals surface area contributed by atoms with Gasteiger partial charge in [-0.25, -0.2) is 13.4 Å². The highest BCUT2D eigenvalue weighted by atomic mass is 32.2. The lowest BCUT2D eigenvalue weighted by atomic mass is 10.2. The second-order valence-electron chi connectivity index (χ2n) is 5.65. The van der Waals surface area contributed by atoms with Gasteiger partial charge in [-0.2, -0.15) is 4.31 Å². The van der Waals surface area contributed by atoms with E-state index in [1.54, 1.807) is 10.4 Å². The van der Waals surface area contributed by atoms with Crippen molar-refractivity contribution in [2.75, 3.05) is 11.9 Å². The molecule has 0 radical (unpaired) electrons. The van der Waals surface area contributed by atoms with E-state index in [4.69, 9.17) is 0 Å². The van der Waals surface area contributed by atoms with Crippen LogP contribution in [0.2, 0.25) is 0 Å². The van der Waals surface area contributed by atoms with E-state index in [1.165, 1.54) is 22.7 Å². The monoisotopic (exact) mass is 369 g/mol. The number of nitrogens with one attached hydrogen (secondary N) is 1. The number of thiophene rings is 1. The number of anilines is 1. The lowest BCUT2D eigenvalue weighted by Gasteiger charge is -2.25. The Bertz CT molecular complexity index is 838. The summed E-state index contributed by atoms with van der Waals surface area (Å²) in [6, 6.07) is 3.59. The van der Waals surface area contributed by atoms with Crippen molar-refractivity contribution >= 4 is 43.7 Å². The number of thiazole rings is 1. The molecule has 0 atom stereocenters. The van der Waals surface area contributed by atoms with Crippen LogP contribution in [0.3, 0.4) is 0 Å². The third-order valence-corrected chi connectivity index (χ3v) is 8.18. The molecule has 3 heterocycles. The Kier molecular flexibility index (Phi) is 3.75. The van der Waals surface area contributed by atoms with Crippen LogP contribution in [0.1, 0.15) is 33.1 Å². The number of aromatic nitrogens is 1. The quantitative estimate of drug-likeness (QED) is 0.897. The summed E-state index contributed by atoms with van der Waals surface area (Å²) in [6.45, 7) is 0.856. The summed E-state index contributed by atoms with van der Waals surface area (Å²) in [7, 11) is -3.15. The molecule has 122 valence electrons. The van der Waals surface area contributed by atoms with Crippen LogP contribution >= 0.6 is 22.7 Å². The summed E-state index contributed by atoms with van der Waals surface area (Å²) < 4.78 is 26.2. The highest BCUT2D eigenvalue weighted by molar-refractivity contribution is 7.90. The zero-order chi connectivity index (χ0) is 16.0. The zero-order valence-corrected chi connectivity index (χ0v) is 14.6. The van der Waals surface area contributed by atoms with Crippen molar-refractivity contribution < 1.29 is 13.2 Å². The highest BCUT2D eigenvalue weighted by Gasteiger charge is 2.41. The fraction of sp³-hybridized carbons (Fsp3) is 0.429. The first kappa shape index (κ1) is 15.3. The van der Waals surface area contributed by atoms with Crippen LogP contribution in [0.4, 0.5) is 5.13 Å². The Morgan fingerprint density at radius 2 is 2.22 bits per heavy atom. The van der Waals surface area contributed by atoms with Gasteiger partial charge in [0.05, 0.1) is 15.8 Å². The fourth-order valence-corrected chi connectivity index (χ4v) is 6.11. The number of hydrogen-bond acceptors (Lipinski definition) is 6. The maximum atomic E-state index is 12.3. The van der Waals surface area contributed by atoms with Crippen molar-refractivity contribution in [3.05, 3.63) is 33.0 Å². The maximum Gasteiger partial charge on any atom is 0.267 e. The van der Waals surface area contributed by atoms with E-state index in [9.17, 15) is 13.2 Å². The molecule has 6 nitrogen and oxygen atoms in total. The lowest BCUT2D eigenvalue weighted by molar-refractivity contribution is 0.103. The van der Waals surface area contributed by atoms with E-state index >= 15 is 0 Å². The van der Waals surface area contributed by atoms with Gasteiger partial charge in [0.1, 0.15) is 0 Å². The molecule has 1 N–H and O–H groups in total. The summed E-state index contributed by atoms with van der Waals surface area (Å²) in [5.74, 6) is -0.173. The molecule has 0 unspecified atom stereocenters. The number of rotatable bonds is 4. The molecule has 1 fully saturated rings. The largest absolute Gasteiger partial charge is 0.297 e.